The van der Waals surface area contributed by atoms with Crippen molar-refractivity contribution < 1.29 is 9.47 Å². The molecule has 0 spiro atoms. The molecule has 0 heterocycles. The number of methoxy groups -OCH3 is 1. The van der Waals surface area contributed by atoms with E-state index in [4.69, 9.17) is 9.47 Å². The Morgan fingerprint density at radius 2 is 1.73 bits per heavy atom. The van der Waals surface area contributed by atoms with Crippen molar-refractivity contribution in [2.45, 2.75) is 33.8 Å². The molecule has 84 valence electrons. The van der Waals surface area contributed by atoms with Crippen molar-refractivity contribution in [3.63, 3.8) is 0 Å². The molecule has 0 aromatic heterocycles. The Morgan fingerprint density at radius 3 is 2.20 bits per heavy atom. The first-order chi connectivity index (χ1) is 7.19. The van der Waals surface area contributed by atoms with Crippen LogP contribution in [0.4, 0.5) is 0 Å². The van der Waals surface area contributed by atoms with Gasteiger partial charge in [0.2, 0.25) is 0 Å². The van der Waals surface area contributed by atoms with Gasteiger partial charge in [-0.3, -0.25) is 0 Å². The van der Waals surface area contributed by atoms with Crippen LogP contribution in [0.15, 0.2) is 12.1 Å². The zero-order valence-electron chi connectivity index (χ0n) is 10.1. The highest BCUT2D eigenvalue weighted by molar-refractivity contribution is 5.43. The maximum Gasteiger partial charge on any atom is 0.125 e. The molecule has 1 rings (SSSR count). The average Bonchev–Trinajstić information content (AvgIpc) is 2.17. The molecule has 0 amide bonds. The van der Waals surface area contributed by atoms with Crippen molar-refractivity contribution in [2.24, 2.45) is 0 Å². The quantitative estimate of drug-likeness (QED) is 0.739. The summed E-state index contributed by atoms with van der Waals surface area (Å²) in [7, 11) is 1.71. The first-order valence-electron chi connectivity index (χ1n) is 5.41. The summed E-state index contributed by atoms with van der Waals surface area (Å²) < 4.78 is 10.8. The summed E-state index contributed by atoms with van der Waals surface area (Å²) in [4.78, 5) is 0. The number of rotatable bonds is 5. The minimum absolute atomic E-state index is 0.662. The largest absolute Gasteiger partial charge is 0.493 e. The molecule has 0 saturated carbocycles. The van der Waals surface area contributed by atoms with Crippen LogP contribution in [0.2, 0.25) is 0 Å². The van der Waals surface area contributed by atoms with Gasteiger partial charge in [-0.15, -0.1) is 0 Å². The van der Waals surface area contributed by atoms with Crippen molar-refractivity contribution >= 4 is 0 Å². The number of hydrogen-bond acceptors (Lipinski definition) is 2. The number of benzene rings is 1. The number of ether oxygens (including phenoxy) is 2. The summed E-state index contributed by atoms with van der Waals surface area (Å²) in [5.74, 6) is 1.02. The van der Waals surface area contributed by atoms with Crippen LogP contribution >= 0.6 is 0 Å². The van der Waals surface area contributed by atoms with Crippen molar-refractivity contribution in [1.82, 2.24) is 0 Å². The number of aryl methyl sites for hydroxylation is 2. The Morgan fingerprint density at radius 1 is 1.13 bits per heavy atom. The fourth-order valence-electron chi connectivity index (χ4n) is 1.72. The molecule has 0 bridgehead atoms. The molecule has 0 aliphatic heterocycles. The maximum absolute atomic E-state index is 5.71. The molecule has 0 unspecified atom stereocenters. The van der Waals surface area contributed by atoms with Gasteiger partial charge >= 0.3 is 0 Å². The van der Waals surface area contributed by atoms with Gasteiger partial charge in [0.05, 0.1) is 13.2 Å². The molecule has 0 saturated heterocycles. The Bertz CT molecular complexity index is 295. The van der Waals surface area contributed by atoms with E-state index < -0.39 is 0 Å². The summed E-state index contributed by atoms with van der Waals surface area (Å²) in [6.45, 7) is 7.72. The SMILES string of the molecule is CCCOc1c(C)cc(COC)cc1C. The Balaban J connectivity index is 2.88. The van der Waals surface area contributed by atoms with Crippen LogP contribution in [0.25, 0.3) is 0 Å². The van der Waals surface area contributed by atoms with Gasteiger partial charge in [0.15, 0.2) is 0 Å². The van der Waals surface area contributed by atoms with Gasteiger partial charge in [-0.25, -0.2) is 0 Å². The summed E-state index contributed by atoms with van der Waals surface area (Å²) in [6, 6.07) is 4.25. The van der Waals surface area contributed by atoms with E-state index in [1.54, 1.807) is 7.11 Å². The molecule has 2 heteroatoms. The standard InChI is InChI=1S/C13H20O2/c1-5-6-15-13-10(2)7-12(9-14-4)8-11(13)3/h7-8H,5-6,9H2,1-4H3. The van der Waals surface area contributed by atoms with Crippen LogP contribution in [0.5, 0.6) is 5.75 Å². The van der Waals surface area contributed by atoms with Gasteiger partial charge in [0.1, 0.15) is 5.75 Å². The lowest BCUT2D eigenvalue weighted by atomic mass is 10.1. The first-order valence-corrected chi connectivity index (χ1v) is 5.41. The second-order valence-corrected chi connectivity index (χ2v) is 3.84. The molecular weight excluding hydrogens is 188 g/mol. The van der Waals surface area contributed by atoms with Gasteiger partial charge in [-0.1, -0.05) is 19.1 Å². The molecule has 1 aromatic rings. The van der Waals surface area contributed by atoms with Crippen molar-refractivity contribution in [3.05, 3.63) is 28.8 Å². The Kier molecular flexibility index (Phi) is 4.63. The van der Waals surface area contributed by atoms with Gasteiger partial charge in [-0.05, 0) is 37.0 Å². The normalized spacial score (nSPS) is 10.4. The van der Waals surface area contributed by atoms with Crippen molar-refractivity contribution in [3.8, 4) is 5.75 Å². The number of hydrogen-bond donors (Lipinski definition) is 0. The maximum atomic E-state index is 5.71. The van der Waals surface area contributed by atoms with E-state index in [1.807, 2.05) is 0 Å². The zero-order valence-corrected chi connectivity index (χ0v) is 10.1. The third-order valence-corrected chi connectivity index (χ3v) is 2.28. The van der Waals surface area contributed by atoms with Crippen LogP contribution in [-0.4, -0.2) is 13.7 Å². The van der Waals surface area contributed by atoms with Crippen LogP contribution in [0.3, 0.4) is 0 Å². The van der Waals surface area contributed by atoms with E-state index in [0.717, 1.165) is 18.8 Å². The lowest BCUT2D eigenvalue weighted by molar-refractivity contribution is 0.184. The van der Waals surface area contributed by atoms with E-state index in [9.17, 15) is 0 Å². The molecule has 1 aromatic carbocycles. The summed E-state index contributed by atoms with van der Waals surface area (Å²) >= 11 is 0. The molecule has 0 aliphatic rings. The van der Waals surface area contributed by atoms with Gasteiger partial charge in [-0.2, -0.15) is 0 Å². The molecule has 0 N–H and O–H groups in total. The molecule has 2 nitrogen and oxygen atoms in total. The predicted molar refractivity (Wildman–Crippen MR) is 62.4 cm³/mol. The fraction of sp³-hybridized carbons (Fsp3) is 0.538. The summed E-state index contributed by atoms with van der Waals surface area (Å²) in [6.07, 6.45) is 1.04. The summed E-state index contributed by atoms with van der Waals surface area (Å²) in [5.41, 5.74) is 3.59. The highest BCUT2D eigenvalue weighted by Crippen LogP contribution is 2.25. The van der Waals surface area contributed by atoms with Gasteiger partial charge in [0, 0.05) is 7.11 Å². The Labute approximate surface area is 92.2 Å². The highest BCUT2D eigenvalue weighted by Gasteiger charge is 2.05. The van der Waals surface area contributed by atoms with Crippen molar-refractivity contribution in [1.29, 1.82) is 0 Å². The predicted octanol–water partition coefficient (Wildman–Crippen LogP) is 3.24. The monoisotopic (exact) mass is 208 g/mol. The fourth-order valence-corrected chi connectivity index (χ4v) is 1.72. The van der Waals surface area contributed by atoms with Gasteiger partial charge in [0.25, 0.3) is 0 Å². The zero-order chi connectivity index (χ0) is 11.3. The minimum Gasteiger partial charge on any atom is -0.493 e. The lowest BCUT2D eigenvalue weighted by Gasteiger charge is -2.13. The van der Waals surface area contributed by atoms with Crippen LogP contribution in [-0.2, 0) is 11.3 Å². The minimum atomic E-state index is 0.662. The molecule has 0 radical (unpaired) electrons. The highest BCUT2D eigenvalue weighted by atomic mass is 16.5. The first kappa shape index (κ1) is 12.1. The van der Waals surface area contributed by atoms with E-state index in [-0.39, 0.29) is 0 Å². The van der Waals surface area contributed by atoms with Crippen LogP contribution in [0, 0.1) is 13.8 Å². The third kappa shape index (κ3) is 3.24. The molecule has 15 heavy (non-hydrogen) atoms. The van der Waals surface area contributed by atoms with Crippen molar-refractivity contribution in [2.75, 3.05) is 13.7 Å². The van der Waals surface area contributed by atoms with E-state index >= 15 is 0 Å². The lowest BCUT2D eigenvalue weighted by Crippen LogP contribution is -2.00. The third-order valence-electron chi connectivity index (χ3n) is 2.28. The van der Waals surface area contributed by atoms with Gasteiger partial charge < -0.3 is 9.47 Å². The topological polar surface area (TPSA) is 18.5 Å². The van der Waals surface area contributed by atoms with Crippen LogP contribution < -0.4 is 4.74 Å². The molecule has 0 atom stereocenters. The molecular formula is C13H20O2. The molecule has 0 aliphatic carbocycles. The van der Waals surface area contributed by atoms with E-state index in [1.165, 1.54) is 16.7 Å². The Hall–Kier alpha value is -1.02. The van der Waals surface area contributed by atoms with E-state index in [2.05, 4.69) is 32.9 Å². The average molecular weight is 208 g/mol. The van der Waals surface area contributed by atoms with E-state index in [0.29, 0.717) is 6.61 Å². The molecule has 0 fully saturated rings. The summed E-state index contributed by atoms with van der Waals surface area (Å²) in [5, 5.41) is 0. The van der Waals surface area contributed by atoms with Crippen LogP contribution in [0.1, 0.15) is 30.0 Å². The second kappa shape index (κ2) is 5.76. The second-order valence-electron chi connectivity index (χ2n) is 3.84. The smallest absolute Gasteiger partial charge is 0.125 e.